The maximum absolute atomic E-state index is 15.0. The lowest BCUT2D eigenvalue weighted by molar-refractivity contribution is -0.403. The van der Waals surface area contributed by atoms with E-state index in [4.69, 9.17) is 61.6 Å². The Morgan fingerprint density at radius 3 is 1.52 bits per heavy atom. The van der Waals surface area contributed by atoms with E-state index in [1.807, 2.05) is 0 Å². The number of carboxylic acids is 1. The molecule has 30 heteroatoms. The molecule has 27 atom stereocenters. The molecule has 12 N–H and O–H groups in total. The van der Waals surface area contributed by atoms with Gasteiger partial charge in [-0.25, -0.2) is 4.79 Å². The number of unbranched alkanes of at least 4 members (excludes halogenated alkanes) is 26. The van der Waals surface area contributed by atoms with Crippen molar-refractivity contribution in [1.29, 1.82) is 0 Å². The molecule has 0 aliphatic carbocycles. The fourth-order valence-corrected chi connectivity index (χ4v) is 15.2. The molecule has 4 amide bonds. The van der Waals surface area contributed by atoms with Crippen LogP contribution in [0.1, 0.15) is 247 Å². The van der Waals surface area contributed by atoms with Crippen LogP contribution < -0.4 is 21.3 Å². The molecule has 1 aromatic carbocycles. The van der Waals surface area contributed by atoms with E-state index in [2.05, 4.69) is 28.2 Å². The number of carbonyl (C=O) groups is 5. The summed E-state index contributed by atoms with van der Waals surface area (Å²) in [5.74, 6) is -6.79. The minimum atomic E-state index is -2.11. The molecule has 0 radical (unpaired) electrons. The Bertz CT molecular complexity index is 2790. The zero-order valence-electron chi connectivity index (χ0n) is 68.0. The molecule has 5 aliphatic rings. The van der Waals surface area contributed by atoms with Crippen LogP contribution in [0.4, 0.5) is 0 Å². The number of methoxy groups -OCH3 is 3. The Labute approximate surface area is 658 Å². The number of hydrogen-bond donors (Lipinski definition) is 12. The number of fused-ring (bicyclic) bond motifs is 1. The van der Waals surface area contributed by atoms with Crippen molar-refractivity contribution in [3.05, 3.63) is 35.9 Å². The van der Waals surface area contributed by atoms with Crippen molar-refractivity contribution in [3.8, 4) is 0 Å². The second-order valence-corrected chi connectivity index (χ2v) is 31.5. The van der Waals surface area contributed by atoms with Gasteiger partial charge in [0.05, 0.1) is 50.2 Å². The summed E-state index contributed by atoms with van der Waals surface area (Å²) in [5, 5.41) is 101. The van der Waals surface area contributed by atoms with E-state index in [9.17, 15) is 64.8 Å². The number of carboxylic acid groups (broad SMARTS) is 1. The minimum Gasteiger partial charge on any atom is -0.477 e. The smallest absolute Gasteiger partial charge is 0.364 e. The van der Waals surface area contributed by atoms with Crippen molar-refractivity contribution in [2.24, 2.45) is 0 Å². The van der Waals surface area contributed by atoms with E-state index in [1.54, 1.807) is 44.2 Å². The lowest BCUT2D eigenvalue weighted by Gasteiger charge is -2.51. The van der Waals surface area contributed by atoms with Crippen molar-refractivity contribution in [2.75, 3.05) is 34.5 Å². The van der Waals surface area contributed by atoms with Gasteiger partial charge in [-0.3, -0.25) is 19.2 Å². The monoisotopic (exact) mass is 1580 g/mol. The van der Waals surface area contributed by atoms with Gasteiger partial charge in [-0.1, -0.05) is 211 Å². The Morgan fingerprint density at radius 1 is 0.514 bits per heavy atom. The first-order valence-corrected chi connectivity index (χ1v) is 41.5. The SMILES string of the molecule is CCCCCCCCCCCCCCCCCCCCCCCCCCCCCC(O)CC(=O)NC(Cc1ccccc1)C(=O)NC(C(=O)NC(C)C(=O)NC(C)COC1OC(C)C(OC)C(OC)C1O)C(C)OC1OC(C)C(O)C(O)C1OC1OC(C)C(O)C(OC2OC3COC(C)(C(=O)O)OC3C(OC)C2O)C1O. The minimum absolute atomic E-state index is 0.0861. The third-order valence-corrected chi connectivity index (χ3v) is 22.1. The maximum atomic E-state index is 15.0. The van der Waals surface area contributed by atoms with Gasteiger partial charge in [0, 0.05) is 40.7 Å². The molecule has 1 aromatic rings. The quantitative estimate of drug-likeness (QED) is 0.0310. The predicted octanol–water partition coefficient (Wildman–Crippen LogP) is 6.48. The summed E-state index contributed by atoms with van der Waals surface area (Å²) in [6, 6.07) is 3.54. The molecule has 30 nitrogen and oxygen atoms in total. The number of hydrogen-bond acceptors (Lipinski definition) is 25. The Morgan fingerprint density at radius 2 is 0.991 bits per heavy atom. The van der Waals surface area contributed by atoms with Crippen LogP contribution in [-0.2, 0) is 92.0 Å². The molecule has 5 saturated heterocycles. The molecular formula is C81H140N4O26. The third kappa shape index (κ3) is 30.6. The van der Waals surface area contributed by atoms with E-state index in [0.29, 0.717) is 18.4 Å². The van der Waals surface area contributed by atoms with Gasteiger partial charge in [0.15, 0.2) is 25.2 Å². The van der Waals surface area contributed by atoms with E-state index >= 15 is 0 Å². The van der Waals surface area contributed by atoms with E-state index < -0.39 is 195 Å². The first kappa shape index (κ1) is 95.6. The summed E-state index contributed by atoms with van der Waals surface area (Å²) in [6.07, 6.45) is 3.99. The van der Waals surface area contributed by atoms with Crippen LogP contribution in [0.3, 0.4) is 0 Å². The van der Waals surface area contributed by atoms with Gasteiger partial charge in [-0.15, -0.1) is 0 Å². The number of aliphatic hydroxyl groups is 7. The molecular weight excluding hydrogens is 1440 g/mol. The highest BCUT2D eigenvalue weighted by atomic mass is 16.8. The average molecular weight is 1590 g/mol. The molecule has 27 unspecified atom stereocenters. The van der Waals surface area contributed by atoms with Gasteiger partial charge in [0.1, 0.15) is 97.5 Å². The molecule has 5 aliphatic heterocycles. The first-order chi connectivity index (χ1) is 53.2. The number of benzene rings is 1. The number of aliphatic hydroxyl groups excluding tert-OH is 7. The molecule has 5 fully saturated rings. The van der Waals surface area contributed by atoms with Crippen LogP contribution in [0.5, 0.6) is 0 Å². The van der Waals surface area contributed by atoms with Gasteiger partial charge in [-0.05, 0) is 53.5 Å². The molecule has 0 saturated carbocycles. The number of rotatable bonds is 53. The van der Waals surface area contributed by atoms with Crippen molar-refractivity contribution in [1.82, 2.24) is 21.3 Å². The van der Waals surface area contributed by atoms with E-state index in [-0.39, 0.29) is 26.1 Å². The highest BCUT2D eigenvalue weighted by Crippen LogP contribution is 2.38. The lowest BCUT2D eigenvalue weighted by Crippen LogP contribution is -2.68. The largest absolute Gasteiger partial charge is 0.477 e. The fraction of sp³-hybridized carbons (Fsp3) is 0.864. The average Bonchev–Trinajstić information content (AvgIpc) is 0.771. The van der Waals surface area contributed by atoms with Gasteiger partial charge >= 0.3 is 5.97 Å². The summed E-state index contributed by atoms with van der Waals surface area (Å²) >= 11 is 0. The van der Waals surface area contributed by atoms with Crippen LogP contribution in [0, 0.1) is 0 Å². The first-order valence-electron chi connectivity index (χ1n) is 41.5. The fourth-order valence-electron chi connectivity index (χ4n) is 15.2. The Hall–Kier alpha value is -4.23. The van der Waals surface area contributed by atoms with E-state index in [0.717, 1.165) is 25.7 Å². The van der Waals surface area contributed by atoms with Crippen LogP contribution >= 0.6 is 0 Å². The Balaban J connectivity index is 1.05. The van der Waals surface area contributed by atoms with Crippen molar-refractivity contribution >= 4 is 29.6 Å². The molecule has 111 heavy (non-hydrogen) atoms. The normalized spacial score (nSPS) is 31.9. The van der Waals surface area contributed by atoms with Crippen LogP contribution in [0.2, 0.25) is 0 Å². The topological polar surface area (TPSA) is 415 Å². The predicted molar refractivity (Wildman–Crippen MR) is 408 cm³/mol. The number of nitrogens with one attached hydrogen (secondary N) is 4. The van der Waals surface area contributed by atoms with Crippen molar-refractivity contribution in [2.45, 2.75) is 413 Å². The third-order valence-electron chi connectivity index (χ3n) is 22.1. The van der Waals surface area contributed by atoms with Crippen LogP contribution in [-0.4, -0.2) is 270 Å². The Kier molecular flexibility index (Phi) is 43.4. The van der Waals surface area contributed by atoms with E-state index in [1.165, 1.54) is 197 Å². The summed E-state index contributed by atoms with van der Waals surface area (Å²) in [4.78, 5) is 69.8. The summed E-state index contributed by atoms with van der Waals surface area (Å²) in [6.45, 7) is 11.8. The summed E-state index contributed by atoms with van der Waals surface area (Å²) in [5.41, 5.74) is 0.622. The van der Waals surface area contributed by atoms with Crippen molar-refractivity contribution < 1.29 is 126 Å². The van der Waals surface area contributed by atoms with Crippen LogP contribution in [0.15, 0.2) is 30.3 Å². The number of carbonyl (C=O) groups excluding carboxylic acids is 4. The van der Waals surface area contributed by atoms with Gasteiger partial charge < -0.3 is 124 Å². The molecule has 5 heterocycles. The zero-order chi connectivity index (χ0) is 81.2. The van der Waals surface area contributed by atoms with Gasteiger partial charge in [-0.2, -0.15) is 0 Å². The van der Waals surface area contributed by atoms with Gasteiger partial charge in [0.2, 0.25) is 23.6 Å². The van der Waals surface area contributed by atoms with Crippen LogP contribution in [0.25, 0.3) is 0 Å². The lowest BCUT2D eigenvalue weighted by atomic mass is 9.95. The second kappa shape index (κ2) is 50.4. The standard InChI is InChI=1S/C81H140N4O26/c1-12-13-14-15-16-17-18-19-20-21-22-23-24-25-26-27-28-29-30-31-32-33-34-35-36-37-41-44-56(86)46-59(87)84-57(45-55-42-39-38-40-43-55)74(95)85-60(75(96)83-50(3)73(94)82-49(2)47-102-76-65(92)70(100-10)67(99-9)54(7)107-76)51(4)104-79-72(63(90)61(88)52(5)106-79)110-77-64(91)69(62(89)53(6)105-77)109-78-66(93)71(101-11)68-58(108-78)48-103-81(8,111-68)80(97)98/h38-40,42-43,49-54,56-58,60-72,76-79,86,88-93H,12-37,41,44-48H2,1-11H3,(H,82,94)(H,83,96)(H,84,87)(H,85,95)(H,97,98). The van der Waals surface area contributed by atoms with Gasteiger partial charge in [0.25, 0.3) is 5.79 Å². The molecule has 0 spiro atoms. The second-order valence-electron chi connectivity index (χ2n) is 31.5. The molecule has 0 bridgehead atoms. The molecule has 6 rings (SSSR count). The number of aliphatic carboxylic acids is 1. The number of amides is 4. The maximum Gasteiger partial charge on any atom is 0.364 e. The highest BCUT2D eigenvalue weighted by Gasteiger charge is 2.58. The number of ether oxygens (including phenoxy) is 13. The highest BCUT2D eigenvalue weighted by molar-refractivity contribution is 5.94. The molecule has 0 aromatic heterocycles. The molecule has 640 valence electrons. The zero-order valence-corrected chi connectivity index (χ0v) is 68.0. The van der Waals surface area contributed by atoms with Crippen molar-refractivity contribution in [3.63, 3.8) is 0 Å². The summed E-state index contributed by atoms with van der Waals surface area (Å²) in [7, 11) is 4.12. The summed E-state index contributed by atoms with van der Waals surface area (Å²) < 4.78 is 76.3.